The molecule has 0 atom stereocenters. The molecular weight excluding hydrogens is 364 g/mol. The molecule has 138 valence electrons. The van der Waals surface area contributed by atoms with Crippen LogP contribution in [0.1, 0.15) is 32.6 Å². The maximum Gasteiger partial charge on any atom is 0.350 e. The Hall–Kier alpha value is -3.19. The summed E-state index contributed by atoms with van der Waals surface area (Å²) in [5.74, 6) is 0.463. The van der Waals surface area contributed by atoms with Crippen molar-refractivity contribution >= 4 is 28.3 Å². The highest BCUT2D eigenvalue weighted by Gasteiger charge is 2.18. The minimum absolute atomic E-state index is 0.284. The first-order chi connectivity index (χ1) is 13.1. The van der Waals surface area contributed by atoms with Crippen LogP contribution in [0.5, 0.6) is 11.5 Å². The lowest BCUT2D eigenvalue weighted by Gasteiger charge is -2.07. The zero-order valence-electron chi connectivity index (χ0n) is 14.9. The Morgan fingerprint density at radius 2 is 1.81 bits per heavy atom. The van der Waals surface area contributed by atoms with E-state index in [1.54, 1.807) is 38.1 Å². The highest BCUT2D eigenvalue weighted by Crippen LogP contribution is 2.25. The minimum atomic E-state index is -0.439. The number of anilines is 1. The van der Waals surface area contributed by atoms with Gasteiger partial charge in [-0.05, 0) is 44.2 Å². The molecule has 0 aliphatic carbocycles. The number of aryl methyl sites for hydroxylation is 1. The quantitative estimate of drug-likeness (QED) is 0.627. The van der Waals surface area contributed by atoms with Crippen molar-refractivity contribution in [3.8, 4) is 11.5 Å². The molecule has 0 saturated heterocycles. The van der Waals surface area contributed by atoms with Crippen molar-refractivity contribution in [3.05, 3.63) is 70.7 Å². The first-order valence-corrected chi connectivity index (χ1v) is 9.17. The van der Waals surface area contributed by atoms with Gasteiger partial charge >= 0.3 is 5.97 Å². The van der Waals surface area contributed by atoms with E-state index < -0.39 is 5.97 Å². The number of thiazole rings is 1. The summed E-state index contributed by atoms with van der Waals surface area (Å²) in [5.41, 5.74) is 0.948. The smallest absolute Gasteiger partial charge is 0.350 e. The van der Waals surface area contributed by atoms with Gasteiger partial charge in [0, 0.05) is 5.56 Å². The molecule has 1 amide bonds. The minimum Gasteiger partial charge on any atom is -0.462 e. The summed E-state index contributed by atoms with van der Waals surface area (Å²) in [5, 5.41) is 3.06. The van der Waals surface area contributed by atoms with Gasteiger partial charge in [0.15, 0.2) is 5.13 Å². The number of para-hydroxylation sites is 1. The number of nitrogens with zero attached hydrogens (tertiary/aromatic N) is 1. The van der Waals surface area contributed by atoms with E-state index in [2.05, 4.69) is 10.3 Å². The number of rotatable bonds is 6. The molecule has 1 heterocycles. The first kappa shape index (κ1) is 18.6. The van der Waals surface area contributed by atoms with E-state index in [1.165, 1.54) is 0 Å². The number of hydrogen-bond donors (Lipinski definition) is 1. The fraction of sp³-hybridized carbons (Fsp3) is 0.150. The summed E-state index contributed by atoms with van der Waals surface area (Å²) in [6.07, 6.45) is 0. The van der Waals surface area contributed by atoms with E-state index in [1.807, 2.05) is 30.3 Å². The molecular formula is C20H18N2O4S. The van der Waals surface area contributed by atoms with Crippen LogP contribution in [0.2, 0.25) is 0 Å². The molecule has 0 radical (unpaired) electrons. The Morgan fingerprint density at radius 3 is 2.56 bits per heavy atom. The summed E-state index contributed by atoms with van der Waals surface area (Å²) < 4.78 is 10.7. The highest BCUT2D eigenvalue weighted by atomic mass is 32.1. The average molecular weight is 382 g/mol. The predicted molar refractivity (Wildman–Crippen MR) is 104 cm³/mol. The van der Waals surface area contributed by atoms with Gasteiger partial charge in [0.1, 0.15) is 16.4 Å². The topological polar surface area (TPSA) is 77.5 Å². The van der Waals surface area contributed by atoms with Crippen LogP contribution < -0.4 is 10.1 Å². The fourth-order valence-corrected chi connectivity index (χ4v) is 3.19. The number of carbonyl (C=O) groups is 2. The van der Waals surface area contributed by atoms with Crippen molar-refractivity contribution < 1.29 is 19.1 Å². The number of aromatic nitrogens is 1. The standard InChI is InChI=1S/C20H18N2O4S/c1-3-25-19(24)17-13(2)21-20(27-17)22-18(23)14-8-7-11-16(12-14)26-15-9-5-4-6-10-15/h4-12H,3H2,1-2H3,(H,21,22,23). The summed E-state index contributed by atoms with van der Waals surface area (Å²) >= 11 is 1.09. The van der Waals surface area contributed by atoms with Gasteiger partial charge in [-0.25, -0.2) is 9.78 Å². The van der Waals surface area contributed by atoms with E-state index in [9.17, 15) is 9.59 Å². The van der Waals surface area contributed by atoms with Crippen molar-refractivity contribution in [3.63, 3.8) is 0 Å². The second-order valence-corrected chi connectivity index (χ2v) is 6.55. The Morgan fingerprint density at radius 1 is 1.07 bits per heavy atom. The molecule has 0 fully saturated rings. The summed E-state index contributed by atoms with van der Waals surface area (Å²) in [6, 6.07) is 16.2. The molecule has 0 bridgehead atoms. The van der Waals surface area contributed by atoms with Crippen LogP contribution >= 0.6 is 11.3 Å². The van der Waals surface area contributed by atoms with Crippen LogP contribution in [0.3, 0.4) is 0 Å². The lowest BCUT2D eigenvalue weighted by molar-refractivity contribution is 0.0531. The SMILES string of the molecule is CCOC(=O)c1sc(NC(=O)c2cccc(Oc3ccccc3)c2)nc1C. The number of carbonyl (C=O) groups excluding carboxylic acids is 2. The molecule has 0 spiro atoms. The maximum absolute atomic E-state index is 12.5. The molecule has 0 saturated carbocycles. The Bertz CT molecular complexity index is 954. The summed E-state index contributed by atoms with van der Waals surface area (Å²) in [4.78, 5) is 29.0. The molecule has 2 aromatic carbocycles. The van der Waals surface area contributed by atoms with Crippen molar-refractivity contribution in [2.24, 2.45) is 0 Å². The fourth-order valence-electron chi connectivity index (χ4n) is 2.33. The number of benzene rings is 2. The number of amides is 1. The van der Waals surface area contributed by atoms with Crippen molar-refractivity contribution in [1.82, 2.24) is 4.98 Å². The van der Waals surface area contributed by atoms with Gasteiger partial charge < -0.3 is 9.47 Å². The molecule has 3 rings (SSSR count). The molecule has 0 aliphatic rings. The lowest BCUT2D eigenvalue weighted by Crippen LogP contribution is -2.11. The van der Waals surface area contributed by atoms with E-state index in [4.69, 9.17) is 9.47 Å². The van der Waals surface area contributed by atoms with Gasteiger partial charge in [-0.3, -0.25) is 10.1 Å². The van der Waals surface area contributed by atoms with E-state index in [0.717, 1.165) is 11.3 Å². The van der Waals surface area contributed by atoms with Crippen LogP contribution in [0.15, 0.2) is 54.6 Å². The van der Waals surface area contributed by atoms with Gasteiger partial charge in [0.25, 0.3) is 5.91 Å². The third-order valence-corrected chi connectivity index (χ3v) is 4.61. The monoisotopic (exact) mass is 382 g/mol. The number of hydrogen-bond acceptors (Lipinski definition) is 6. The molecule has 1 N–H and O–H groups in total. The van der Waals surface area contributed by atoms with Crippen LogP contribution in [-0.4, -0.2) is 23.5 Å². The van der Waals surface area contributed by atoms with Gasteiger partial charge in [-0.15, -0.1) is 0 Å². The Labute approximate surface area is 160 Å². The third kappa shape index (κ3) is 4.71. The van der Waals surface area contributed by atoms with E-state index in [-0.39, 0.29) is 12.5 Å². The molecule has 1 aromatic heterocycles. The van der Waals surface area contributed by atoms with Gasteiger partial charge in [-0.2, -0.15) is 0 Å². The second-order valence-electron chi connectivity index (χ2n) is 5.55. The largest absolute Gasteiger partial charge is 0.462 e. The molecule has 7 heteroatoms. The van der Waals surface area contributed by atoms with Gasteiger partial charge in [0.05, 0.1) is 12.3 Å². The van der Waals surface area contributed by atoms with Crippen LogP contribution in [-0.2, 0) is 4.74 Å². The zero-order valence-corrected chi connectivity index (χ0v) is 15.7. The Balaban J connectivity index is 1.72. The average Bonchev–Trinajstić information content (AvgIpc) is 3.03. The molecule has 3 aromatic rings. The maximum atomic E-state index is 12.5. The third-order valence-electron chi connectivity index (χ3n) is 3.55. The lowest BCUT2D eigenvalue weighted by atomic mass is 10.2. The normalized spacial score (nSPS) is 10.3. The molecule has 0 aliphatic heterocycles. The zero-order chi connectivity index (χ0) is 19.2. The molecule has 27 heavy (non-hydrogen) atoms. The van der Waals surface area contributed by atoms with Gasteiger partial charge in [-0.1, -0.05) is 35.6 Å². The van der Waals surface area contributed by atoms with Crippen LogP contribution in [0.4, 0.5) is 5.13 Å². The highest BCUT2D eigenvalue weighted by molar-refractivity contribution is 7.17. The molecule has 6 nitrogen and oxygen atoms in total. The second kappa shape index (κ2) is 8.46. The van der Waals surface area contributed by atoms with Crippen LogP contribution in [0, 0.1) is 6.92 Å². The van der Waals surface area contributed by atoms with Gasteiger partial charge in [0.2, 0.25) is 0 Å². The first-order valence-electron chi connectivity index (χ1n) is 8.35. The number of esters is 1. The summed E-state index contributed by atoms with van der Waals surface area (Å²) in [7, 11) is 0. The van der Waals surface area contributed by atoms with Crippen LogP contribution in [0.25, 0.3) is 0 Å². The van der Waals surface area contributed by atoms with Crippen molar-refractivity contribution in [2.45, 2.75) is 13.8 Å². The van der Waals surface area contributed by atoms with E-state index >= 15 is 0 Å². The molecule has 0 unspecified atom stereocenters. The van der Waals surface area contributed by atoms with Crippen molar-refractivity contribution in [2.75, 3.05) is 11.9 Å². The Kier molecular flexibility index (Phi) is 5.83. The van der Waals surface area contributed by atoms with E-state index in [0.29, 0.717) is 32.8 Å². The number of ether oxygens (including phenoxy) is 2. The van der Waals surface area contributed by atoms with Crippen molar-refractivity contribution in [1.29, 1.82) is 0 Å². The summed E-state index contributed by atoms with van der Waals surface area (Å²) in [6.45, 7) is 3.72. The number of nitrogens with one attached hydrogen (secondary N) is 1. The predicted octanol–water partition coefficient (Wildman–Crippen LogP) is 4.67.